The fraction of sp³-hybridized carbons (Fsp3) is 0.909. The fourth-order valence-corrected chi connectivity index (χ4v) is 1.24. The first-order valence-corrected chi connectivity index (χ1v) is 5.68. The van der Waals surface area contributed by atoms with Crippen LogP contribution in [0.15, 0.2) is 5.16 Å². The predicted molar refractivity (Wildman–Crippen MR) is 63.7 cm³/mol. The van der Waals surface area contributed by atoms with Crippen LogP contribution in [0.25, 0.3) is 0 Å². The van der Waals surface area contributed by atoms with Gasteiger partial charge in [-0.3, -0.25) is 0 Å². The van der Waals surface area contributed by atoms with E-state index in [9.17, 15) is 0 Å². The first-order chi connectivity index (χ1) is 7.54. The highest BCUT2D eigenvalue weighted by Gasteiger charge is 2.22. The molecule has 0 aliphatic rings. The molecule has 5 heteroatoms. The molecule has 0 bridgehead atoms. The maximum absolute atomic E-state index is 8.59. The van der Waals surface area contributed by atoms with Crippen LogP contribution < -0.4 is 5.73 Å². The molecule has 0 aromatic carbocycles. The topological polar surface area (TPSA) is 77.1 Å². The Morgan fingerprint density at radius 1 is 1.25 bits per heavy atom. The lowest BCUT2D eigenvalue weighted by Gasteiger charge is -2.22. The predicted octanol–water partition coefficient (Wildman–Crippen LogP) is 1.59. The standard InChI is InChI=1S/C11H24N2O3/c1-4-15-8-9-16-7-5-6-11(2,3)10(12)13-14/h14H,4-9H2,1-3H3,(H2,12,13). The monoisotopic (exact) mass is 232 g/mol. The summed E-state index contributed by atoms with van der Waals surface area (Å²) in [4.78, 5) is 0. The zero-order valence-corrected chi connectivity index (χ0v) is 10.5. The van der Waals surface area contributed by atoms with Gasteiger partial charge in [0.25, 0.3) is 0 Å². The average Bonchev–Trinajstić information content (AvgIpc) is 2.26. The Labute approximate surface area is 97.6 Å². The van der Waals surface area contributed by atoms with Crippen molar-refractivity contribution in [3.8, 4) is 0 Å². The Morgan fingerprint density at radius 3 is 2.44 bits per heavy atom. The van der Waals surface area contributed by atoms with E-state index >= 15 is 0 Å². The van der Waals surface area contributed by atoms with Crippen LogP contribution >= 0.6 is 0 Å². The number of oxime groups is 1. The van der Waals surface area contributed by atoms with Crippen molar-refractivity contribution in [2.24, 2.45) is 16.3 Å². The molecule has 0 atom stereocenters. The maximum Gasteiger partial charge on any atom is 0.144 e. The second-order valence-corrected chi connectivity index (χ2v) is 4.28. The van der Waals surface area contributed by atoms with Gasteiger partial charge in [0.05, 0.1) is 13.2 Å². The minimum Gasteiger partial charge on any atom is -0.409 e. The quantitative estimate of drug-likeness (QED) is 0.208. The molecular formula is C11H24N2O3. The summed E-state index contributed by atoms with van der Waals surface area (Å²) >= 11 is 0. The molecule has 0 rings (SSSR count). The highest BCUT2D eigenvalue weighted by Crippen LogP contribution is 2.22. The van der Waals surface area contributed by atoms with Gasteiger partial charge in [-0.25, -0.2) is 0 Å². The van der Waals surface area contributed by atoms with Gasteiger partial charge in [-0.1, -0.05) is 19.0 Å². The normalized spacial score (nSPS) is 13.1. The number of ether oxygens (including phenoxy) is 2. The minimum absolute atomic E-state index is 0.266. The lowest BCUT2D eigenvalue weighted by atomic mass is 9.87. The Hall–Kier alpha value is -0.810. The Kier molecular flexibility index (Phi) is 7.93. The third kappa shape index (κ3) is 6.63. The molecule has 3 N–H and O–H groups in total. The van der Waals surface area contributed by atoms with Gasteiger partial charge in [0, 0.05) is 18.6 Å². The van der Waals surface area contributed by atoms with Crippen molar-refractivity contribution >= 4 is 5.84 Å². The van der Waals surface area contributed by atoms with Gasteiger partial charge < -0.3 is 20.4 Å². The van der Waals surface area contributed by atoms with Crippen LogP contribution in [0.4, 0.5) is 0 Å². The fourth-order valence-electron chi connectivity index (χ4n) is 1.24. The van der Waals surface area contributed by atoms with Crippen molar-refractivity contribution in [1.29, 1.82) is 0 Å². The van der Waals surface area contributed by atoms with E-state index in [1.54, 1.807) is 0 Å². The summed E-state index contributed by atoms with van der Waals surface area (Å²) in [7, 11) is 0. The van der Waals surface area contributed by atoms with Crippen LogP contribution in [0.3, 0.4) is 0 Å². The second kappa shape index (κ2) is 8.35. The number of hydrogen-bond donors (Lipinski definition) is 2. The van der Waals surface area contributed by atoms with Crippen LogP contribution in [-0.2, 0) is 9.47 Å². The van der Waals surface area contributed by atoms with Crippen LogP contribution in [-0.4, -0.2) is 37.5 Å². The highest BCUT2D eigenvalue weighted by atomic mass is 16.5. The van der Waals surface area contributed by atoms with Gasteiger partial charge in [-0.15, -0.1) is 0 Å². The molecule has 0 amide bonds. The largest absolute Gasteiger partial charge is 0.409 e. The van der Waals surface area contributed by atoms with E-state index in [0.717, 1.165) is 19.4 Å². The van der Waals surface area contributed by atoms with Crippen molar-refractivity contribution in [3.63, 3.8) is 0 Å². The summed E-state index contributed by atoms with van der Waals surface area (Å²) < 4.78 is 10.5. The van der Waals surface area contributed by atoms with Crippen molar-refractivity contribution in [1.82, 2.24) is 0 Å². The average molecular weight is 232 g/mol. The number of rotatable bonds is 9. The minimum atomic E-state index is -0.280. The molecule has 0 unspecified atom stereocenters. The molecule has 0 aromatic heterocycles. The molecule has 0 fully saturated rings. The molecule has 0 saturated carbocycles. The number of nitrogens with zero attached hydrogens (tertiary/aromatic N) is 1. The lowest BCUT2D eigenvalue weighted by Crippen LogP contribution is -2.32. The zero-order chi connectivity index (χ0) is 12.4. The molecule has 5 nitrogen and oxygen atoms in total. The molecule has 0 aliphatic heterocycles. The first-order valence-electron chi connectivity index (χ1n) is 5.68. The summed E-state index contributed by atoms with van der Waals surface area (Å²) in [5.74, 6) is 0.266. The molecular weight excluding hydrogens is 208 g/mol. The molecule has 96 valence electrons. The van der Waals surface area contributed by atoms with Gasteiger partial charge >= 0.3 is 0 Å². The van der Waals surface area contributed by atoms with Gasteiger partial charge in [0.2, 0.25) is 0 Å². The summed E-state index contributed by atoms with van der Waals surface area (Å²) in [5, 5.41) is 11.6. The molecule has 0 aliphatic carbocycles. The van der Waals surface area contributed by atoms with E-state index in [0.29, 0.717) is 19.8 Å². The molecule has 16 heavy (non-hydrogen) atoms. The lowest BCUT2D eigenvalue weighted by molar-refractivity contribution is 0.0498. The van der Waals surface area contributed by atoms with Crippen LogP contribution in [0, 0.1) is 5.41 Å². The Balaban J connectivity index is 3.51. The van der Waals surface area contributed by atoms with Crippen LogP contribution in [0.1, 0.15) is 33.6 Å². The van der Waals surface area contributed by atoms with E-state index in [1.165, 1.54) is 0 Å². The highest BCUT2D eigenvalue weighted by molar-refractivity contribution is 5.85. The summed E-state index contributed by atoms with van der Waals surface area (Å²) in [6.45, 7) is 8.51. The van der Waals surface area contributed by atoms with E-state index < -0.39 is 0 Å². The second-order valence-electron chi connectivity index (χ2n) is 4.28. The van der Waals surface area contributed by atoms with E-state index in [1.807, 2.05) is 20.8 Å². The van der Waals surface area contributed by atoms with E-state index in [2.05, 4.69) is 5.16 Å². The molecule has 0 radical (unpaired) electrons. The SMILES string of the molecule is CCOCCOCCCC(C)(C)C(N)=NO. The van der Waals surface area contributed by atoms with Crippen molar-refractivity contribution in [3.05, 3.63) is 0 Å². The van der Waals surface area contributed by atoms with Crippen molar-refractivity contribution in [2.75, 3.05) is 26.4 Å². The van der Waals surface area contributed by atoms with Crippen molar-refractivity contribution < 1.29 is 14.7 Å². The number of amidine groups is 1. The third-order valence-corrected chi connectivity index (χ3v) is 2.47. The molecule has 0 heterocycles. The Bertz CT molecular complexity index is 205. The summed E-state index contributed by atoms with van der Waals surface area (Å²) in [6.07, 6.45) is 1.72. The maximum atomic E-state index is 8.59. The van der Waals surface area contributed by atoms with Gasteiger partial charge in [-0.2, -0.15) is 0 Å². The number of hydrogen-bond acceptors (Lipinski definition) is 4. The van der Waals surface area contributed by atoms with Crippen molar-refractivity contribution in [2.45, 2.75) is 33.6 Å². The van der Waals surface area contributed by atoms with Crippen LogP contribution in [0.2, 0.25) is 0 Å². The molecule has 0 aromatic rings. The molecule has 0 saturated heterocycles. The third-order valence-electron chi connectivity index (χ3n) is 2.47. The summed E-state index contributed by atoms with van der Waals surface area (Å²) in [6, 6.07) is 0. The zero-order valence-electron chi connectivity index (χ0n) is 10.5. The summed E-state index contributed by atoms with van der Waals surface area (Å²) in [5.41, 5.74) is 5.29. The van der Waals surface area contributed by atoms with E-state index in [4.69, 9.17) is 20.4 Å². The van der Waals surface area contributed by atoms with Gasteiger partial charge in [0.1, 0.15) is 5.84 Å². The van der Waals surface area contributed by atoms with Crippen LogP contribution in [0.5, 0.6) is 0 Å². The van der Waals surface area contributed by atoms with Gasteiger partial charge in [-0.05, 0) is 19.8 Å². The van der Waals surface area contributed by atoms with Gasteiger partial charge in [0.15, 0.2) is 0 Å². The number of nitrogens with two attached hydrogens (primary N) is 1. The Morgan fingerprint density at radius 2 is 1.88 bits per heavy atom. The van der Waals surface area contributed by atoms with E-state index in [-0.39, 0.29) is 11.3 Å². The molecule has 0 spiro atoms. The first kappa shape index (κ1) is 15.2. The smallest absolute Gasteiger partial charge is 0.144 e.